The van der Waals surface area contributed by atoms with E-state index in [0.717, 1.165) is 24.3 Å². The molecule has 0 bridgehead atoms. The summed E-state index contributed by atoms with van der Waals surface area (Å²) in [5, 5.41) is 0. The molecule has 3 nitrogen and oxygen atoms in total. The van der Waals surface area contributed by atoms with Gasteiger partial charge in [0.1, 0.15) is 11.4 Å². The lowest BCUT2D eigenvalue weighted by molar-refractivity contribution is -0.125. The van der Waals surface area contributed by atoms with Gasteiger partial charge in [0, 0.05) is 5.92 Å². The van der Waals surface area contributed by atoms with Crippen LogP contribution in [-0.4, -0.2) is 18.1 Å². The van der Waals surface area contributed by atoms with E-state index in [9.17, 15) is 4.79 Å². The highest BCUT2D eigenvalue weighted by Gasteiger charge is 2.38. The lowest BCUT2D eigenvalue weighted by Gasteiger charge is -2.42. The molecule has 1 aromatic carbocycles. The van der Waals surface area contributed by atoms with Gasteiger partial charge in [0.15, 0.2) is 0 Å². The summed E-state index contributed by atoms with van der Waals surface area (Å²) in [6, 6.07) is 7.83. The summed E-state index contributed by atoms with van der Waals surface area (Å²) in [7, 11) is 0. The first-order valence-electron chi connectivity index (χ1n) is 6.66. The van der Waals surface area contributed by atoms with E-state index in [4.69, 9.17) is 4.74 Å². The van der Waals surface area contributed by atoms with Gasteiger partial charge in [-0.2, -0.15) is 0 Å². The average Bonchev–Trinajstić information content (AvgIpc) is 2.24. The highest BCUT2D eigenvalue weighted by molar-refractivity contribution is 5.97. The fourth-order valence-corrected chi connectivity index (χ4v) is 2.63. The molecule has 0 radical (unpaired) electrons. The molecule has 1 aromatic rings. The zero-order valence-electron chi connectivity index (χ0n) is 11.0. The van der Waals surface area contributed by atoms with Crippen LogP contribution in [0.4, 0.5) is 5.69 Å². The Hall–Kier alpha value is -1.51. The molecule has 1 heterocycles. The first-order chi connectivity index (χ1) is 8.57. The van der Waals surface area contributed by atoms with Gasteiger partial charge in [-0.1, -0.05) is 18.6 Å². The fraction of sp³-hybridized carbons (Fsp3) is 0.533. The van der Waals surface area contributed by atoms with E-state index >= 15 is 0 Å². The topological polar surface area (TPSA) is 29.5 Å². The van der Waals surface area contributed by atoms with Gasteiger partial charge in [0.25, 0.3) is 0 Å². The molecule has 1 aliphatic carbocycles. The van der Waals surface area contributed by atoms with Crippen molar-refractivity contribution >= 4 is 11.6 Å². The monoisotopic (exact) mass is 245 g/mol. The van der Waals surface area contributed by atoms with E-state index < -0.39 is 0 Å². The predicted molar refractivity (Wildman–Crippen MR) is 70.8 cm³/mol. The quantitative estimate of drug-likeness (QED) is 0.761. The molecule has 0 aromatic heterocycles. The number of hydrogen-bond acceptors (Lipinski definition) is 2. The van der Waals surface area contributed by atoms with Gasteiger partial charge in [0.2, 0.25) is 5.91 Å². The van der Waals surface area contributed by atoms with Crippen molar-refractivity contribution < 1.29 is 9.53 Å². The molecule has 1 aliphatic heterocycles. The number of para-hydroxylation sites is 2. The van der Waals surface area contributed by atoms with Crippen LogP contribution in [0.25, 0.3) is 0 Å². The van der Waals surface area contributed by atoms with Gasteiger partial charge in [-0.05, 0) is 38.8 Å². The number of rotatable bonds is 1. The number of hydrogen-bond donors (Lipinski definition) is 0. The highest BCUT2D eigenvalue weighted by atomic mass is 16.5. The molecule has 0 atom stereocenters. The molecule has 1 fully saturated rings. The number of carbonyl (C=O) groups excluding carboxylic acids is 1. The van der Waals surface area contributed by atoms with E-state index in [2.05, 4.69) is 0 Å². The van der Waals surface area contributed by atoms with Crippen LogP contribution in [0.3, 0.4) is 0 Å². The summed E-state index contributed by atoms with van der Waals surface area (Å²) in [5.74, 6) is 1.32. The second-order valence-corrected chi connectivity index (χ2v) is 5.88. The van der Waals surface area contributed by atoms with Gasteiger partial charge in [0.05, 0.1) is 12.2 Å². The molecule has 18 heavy (non-hydrogen) atoms. The summed E-state index contributed by atoms with van der Waals surface area (Å²) in [5.41, 5.74) is 0.613. The largest absolute Gasteiger partial charge is 0.484 e. The smallest absolute Gasteiger partial charge is 0.230 e. The summed E-state index contributed by atoms with van der Waals surface area (Å²) >= 11 is 0. The fourth-order valence-electron chi connectivity index (χ4n) is 2.63. The summed E-state index contributed by atoms with van der Waals surface area (Å²) in [6.07, 6.45) is 3.27. The van der Waals surface area contributed by atoms with E-state index in [1.165, 1.54) is 6.42 Å². The minimum absolute atomic E-state index is 0.229. The third kappa shape index (κ3) is 1.88. The van der Waals surface area contributed by atoms with Crippen molar-refractivity contribution in [3.63, 3.8) is 0 Å². The molecule has 0 N–H and O–H groups in total. The molecule has 1 saturated carbocycles. The van der Waals surface area contributed by atoms with Gasteiger partial charge in [-0.25, -0.2) is 0 Å². The zero-order valence-corrected chi connectivity index (χ0v) is 11.0. The maximum Gasteiger partial charge on any atom is 0.230 e. The second kappa shape index (κ2) is 4.01. The van der Waals surface area contributed by atoms with Crippen molar-refractivity contribution in [2.24, 2.45) is 5.92 Å². The van der Waals surface area contributed by atoms with Crippen LogP contribution >= 0.6 is 0 Å². The first kappa shape index (κ1) is 11.6. The third-order valence-electron chi connectivity index (χ3n) is 3.80. The van der Waals surface area contributed by atoms with Crippen LogP contribution in [0, 0.1) is 5.92 Å². The number of fused-ring (bicyclic) bond motifs is 1. The minimum atomic E-state index is -0.312. The van der Waals surface area contributed by atoms with Crippen LogP contribution in [0.15, 0.2) is 24.3 Å². The number of nitrogens with zero attached hydrogens (tertiary/aromatic N) is 1. The molecule has 0 unspecified atom stereocenters. The zero-order chi connectivity index (χ0) is 12.8. The van der Waals surface area contributed by atoms with Crippen molar-refractivity contribution in [2.45, 2.75) is 38.7 Å². The molecular formula is C15H19NO2. The van der Waals surface area contributed by atoms with Gasteiger partial charge in [-0.3, -0.25) is 4.79 Å². The molecule has 0 saturated heterocycles. The number of carbonyl (C=O) groups is 1. The Morgan fingerprint density at radius 3 is 2.72 bits per heavy atom. The normalized spacial score (nSPS) is 21.8. The van der Waals surface area contributed by atoms with Crippen molar-refractivity contribution in [3.05, 3.63) is 24.3 Å². The Labute approximate surface area is 108 Å². The Kier molecular flexibility index (Phi) is 2.58. The maximum atomic E-state index is 12.5. The molecule has 0 spiro atoms. The Bertz CT molecular complexity index is 477. The lowest BCUT2D eigenvalue weighted by atomic mass is 9.84. The Morgan fingerprint density at radius 2 is 2.06 bits per heavy atom. The van der Waals surface area contributed by atoms with Crippen LogP contribution in [0.2, 0.25) is 0 Å². The van der Waals surface area contributed by atoms with E-state index in [-0.39, 0.29) is 17.4 Å². The molecule has 1 amide bonds. The van der Waals surface area contributed by atoms with E-state index in [1.807, 2.05) is 43.0 Å². The Balaban J connectivity index is 1.95. The van der Waals surface area contributed by atoms with Gasteiger partial charge in [-0.15, -0.1) is 0 Å². The molecule has 96 valence electrons. The van der Waals surface area contributed by atoms with Crippen molar-refractivity contribution in [2.75, 3.05) is 11.4 Å². The van der Waals surface area contributed by atoms with Crippen molar-refractivity contribution in [3.8, 4) is 5.75 Å². The van der Waals surface area contributed by atoms with E-state index in [1.54, 1.807) is 0 Å². The molecular weight excluding hydrogens is 226 g/mol. The van der Waals surface area contributed by atoms with Gasteiger partial charge < -0.3 is 9.64 Å². The predicted octanol–water partition coefficient (Wildman–Crippen LogP) is 2.99. The molecule has 3 rings (SSSR count). The summed E-state index contributed by atoms with van der Waals surface area (Å²) in [4.78, 5) is 14.4. The summed E-state index contributed by atoms with van der Waals surface area (Å²) < 4.78 is 5.94. The Morgan fingerprint density at radius 1 is 1.33 bits per heavy atom. The number of amides is 1. The van der Waals surface area contributed by atoms with Gasteiger partial charge >= 0.3 is 0 Å². The minimum Gasteiger partial charge on any atom is -0.484 e. The SMILES string of the molecule is CC1(C)CN(C(=O)C2CCC2)c2ccccc2O1. The van der Waals surface area contributed by atoms with Crippen molar-refractivity contribution in [1.82, 2.24) is 0 Å². The summed E-state index contributed by atoms with van der Waals surface area (Å²) in [6.45, 7) is 4.70. The first-order valence-corrected chi connectivity index (χ1v) is 6.66. The van der Waals surface area contributed by atoms with Crippen LogP contribution < -0.4 is 9.64 Å². The average molecular weight is 245 g/mol. The molecule has 3 heteroatoms. The lowest BCUT2D eigenvalue weighted by Crippen LogP contribution is -2.51. The van der Waals surface area contributed by atoms with Crippen molar-refractivity contribution in [1.29, 1.82) is 0 Å². The highest BCUT2D eigenvalue weighted by Crippen LogP contribution is 2.39. The third-order valence-corrected chi connectivity index (χ3v) is 3.80. The van der Waals surface area contributed by atoms with Crippen LogP contribution in [-0.2, 0) is 4.79 Å². The number of ether oxygens (including phenoxy) is 1. The second-order valence-electron chi connectivity index (χ2n) is 5.88. The van der Waals surface area contributed by atoms with Crippen LogP contribution in [0.5, 0.6) is 5.75 Å². The number of anilines is 1. The maximum absolute atomic E-state index is 12.5. The molecule has 2 aliphatic rings. The van der Waals surface area contributed by atoms with Crippen LogP contribution in [0.1, 0.15) is 33.1 Å². The van der Waals surface area contributed by atoms with E-state index in [0.29, 0.717) is 6.54 Å². The number of benzene rings is 1. The standard InChI is InChI=1S/C15H19NO2/c1-15(2)10-16(14(17)11-6-5-7-11)12-8-3-4-9-13(12)18-15/h3-4,8-9,11H,5-7,10H2,1-2H3.